The van der Waals surface area contributed by atoms with Gasteiger partial charge in [-0.25, -0.2) is 23.1 Å². The first kappa shape index (κ1) is 12.5. The molecule has 18 heavy (non-hydrogen) atoms. The first-order chi connectivity index (χ1) is 8.54. The summed E-state index contributed by atoms with van der Waals surface area (Å²) < 4.78 is 28.1. The first-order valence-electron chi connectivity index (χ1n) is 5.37. The molecule has 0 saturated carbocycles. The minimum absolute atomic E-state index is 0.0427. The SMILES string of the molecule is CCn1ncc(S(=O)(=O)Nc2ncccn2)c1C. The molecule has 0 unspecified atom stereocenters. The van der Waals surface area contributed by atoms with Crippen LogP contribution in [0, 0.1) is 6.92 Å². The van der Waals surface area contributed by atoms with Gasteiger partial charge in [0.15, 0.2) is 0 Å². The van der Waals surface area contributed by atoms with E-state index in [4.69, 9.17) is 0 Å². The molecule has 0 saturated heterocycles. The highest BCUT2D eigenvalue weighted by Crippen LogP contribution is 2.16. The maximum Gasteiger partial charge on any atom is 0.267 e. The zero-order valence-electron chi connectivity index (χ0n) is 10.0. The second-order valence-electron chi connectivity index (χ2n) is 3.59. The van der Waals surface area contributed by atoms with Crippen LogP contribution in [0.4, 0.5) is 5.95 Å². The Balaban J connectivity index is 2.34. The molecule has 0 amide bonds. The molecular formula is C10H13N5O2S. The molecule has 0 bridgehead atoms. The molecule has 0 aromatic carbocycles. The molecule has 0 aliphatic heterocycles. The van der Waals surface area contributed by atoms with Crippen molar-refractivity contribution in [3.8, 4) is 0 Å². The molecule has 2 aromatic heterocycles. The molecule has 0 spiro atoms. The van der Waals surface area contributed by atoms with Crippen LogP contribution in [0.15, 0.2) is 29.6 Å². The van der Waals surface area contributed by atoms with Gasteiger partial charge in [0.1, 0.15) is 4.90 Å². The normalized spacial score (nSPS) is 11.4. The van der Waals surface area contributed by atoms with Gasteiger partial charge >= 0.3 is 0 Å². The van der Waals surface area contributed by atoms with Crippen LogP contribution in [-0.2, 0) is 16.6 Å². The van der Waals surface area contributed by atoms with Crippen LogP contribution in [0.1, 0.15) is 12.6 Å². The third kappa shape index (κ3) is 2.33. The van der Waals surface area contributed by atoms with E-state index in [0.717, 1.165) is 0 Å². The van der Waals surface area contributed by atoms with Crippen LogP contribution in [0.3, 0.4) is 0 Å². The van der Waals surface area contributed by atoms with Crippen molar-refractivity contribution in [1.29, 1.82) is 0 Å². The van der Waals surface area contributed by atoms with Gasteiger partial charge in [0, 0.05) is 18.9 Å². The number of sulfonamides is 1. The van der Waals surface area contributed by atoms with Crippen LogP contribution < -0.4 is 4.72 Å². The monoisotopic (exact) mass is 267 g/mol. The van der Waals surface area contributed by atoms with Crippen molar-refractivity contribution < 1.29 is 8.42 Å². The molecule has 8 heteroatoms. The van der Waals surface area contributed by atoms with Gasteiger partial charge < -0.3 is 0 Å². The Kier molecular flexibility index (Phi) is 3.28. The standard InChI is InChI=1S/C10H13N5O2S/c1-3-15-8(2)9(7-13-15)18(16,17)14-10-11-5-4-6-12-10/h4-7H,3H2,1-2H3,(H,11,12,14). The fourth-order valence-electron chi connectivity index (χ4n) is 1.54. The van der Waals surface area contributed by atoms with Gasteiger partial charge in [-0.05, 0) is 19.9 Å². The third-order valence-corrected chi connectivity index (χ3v) is 3.87. The van der Waals surface area contributed by atoms with E-state index in [9.17, 15) is 8.42 Å². The van der Waals surface area contributed by atoms with Crippen molar-refractivity contribution in [2.45, 2.75) is 25.3 Å². The summed E-state index contributed by atoms with van der Waals surface area (Å²) in [5, 5.41) is 4.00. The van der Waals surface area contributed by atoms with Crippen molar-refractivity contribution in [3.05, 3.63) is 30.4 Å². The molecule has 2 heterocycles. The Hall–Kier alpha value is -1.96. The summed E-state index contributed by atoms with van der Waals surface area (Å²) in [6.07, 6.45) is 4.25. The molecule has 0 aliphatic carbocycles. The lowest BCUT2D eigenvalue weighted by Gasteiger charge is -2.05. The van der Waals surface area contributed by atoms with Crippen LogP contribution in [0.5, 0.6) is 0 Å². The molecule has 7 nitrogen and oxygen atoms in total. The van der Waals surface area contributed by atoms with E-state index in [-0.39, 0.29) is 10.8 Å². The average Bonchev–Trinajstić information content (AvgIpc) is 2.72. The van der Waals surface area contributed by atoms with Crippen molar-refractivity contribution in [2.75, 3.05) is 4.72 Å². The quantitative estimate of drug-likeness (QED) is 0.885. The molecule has 0 radical (unpaired) electrons. The minimum atomic E-state index is -3.69. The van der Waals surface area contributed by atoms with Gasteiger partial charge in [-0.1, -0.05) is 0 Å². The summed E-state index contributed by atoms with van der Waals surface area (Å²) in [4.78, 5) is 7.77. The second-order valence-corrected chi connectivity index (χ2v) is 5.24. The Bertz CT molecular complexity index is 636. The predicted octanol–water partition coefficient (Wildman–Crippen LogP) is 0.802. The number of hydrogen-bond donors (Lipinski definition) is 1. The average molecular weight is 267 g/mol. The highest BCUT2D eigenvalue weighted by molar-refractivity contribution is 7.92. The van der Waals surface area contributed by atoms with E-state index in [1.54, 1.807) is 17.7 Å². The lowest BCUT2D eigenvalue weighted by atomic mass is 10.5. The van der Waals surface area contributed by atoms with Gasteiger partial charge in [0.25, 0.3) is 10.0 Å². The maximum absolute atomic E-state index is 12.1. The summed E-state index contributed by atoms with van der Waals surface area (Å²) in [6.45, 7) is 4.21. The fourth-order valence-corrected chi connectivity index (χ4v) is 2.67. The number of aryl methyl sites for hydroxylation is 1. The second kappa shape index (κ2) is 4.73. The van der Waals surface area contributed by atoms with Crippen molar-refractivity contribution in [1.82, 2.24) is 19.7 Å². The number of aromatic nitrogens is 4. The van der Waals surface area contributed by atoms with E-state index >= 15 is 0 Å². The van der Waals surface area contributed by atoms with Crippen LogP contribution in [-0.4, -0.2) is 28.2 Å². The van der Waals surface area contributed by atoms with E-state index in [2.05, 4.69) is 19.8 Å². The van der Waals surface area contributed by atoms with Gasteiger partial charge in [-0.3, -0.25) is 4.68 Å². The number of hydrogen-bond acceptors (Lipinski definition) is 5. The molecule has 0 aliphatic rings. The maximum atomic E-state index is 12.1. The highest BCUT2D eigenvalue weighted by Gasteiger charge is 2.21. The van der Waals surface area contributed by atoms with Crippen LogP contribution >= 0.6 is 0 Å². The number of anilines is 1. The van der Waals surface area contributed by atoms with Gasteiger partial charge in [-0.2, -0.15) is 5.10 Å². The van der Waals surface area contributed by atoms with Crippen molar-refractivity contribution in [3.63, 3.8) is 0 Å². The van der Waals surface area contributed by atoms with E-state index in [1.807, 2.05) is 6.92 Å². The number of nitrogens with one attached hydrogen (secondary N) is 1. The Morgan fingerprint density at radius 1 is 1.33 bits per heavy atom. The van der Waals surface area contributed by atoms with Gasteiger partial charge in [-0.15, -0.1) is 0 Å². The molecule has 1 N–H and O–H groups in total. The van der Waals surface area contributed by atoms with Gasteiger partial charge in [0.2, 0.25) is 5.95 Å². The summed E-state index contributed by atoms with van der Waals surface area (Å²) in [7, 11) is -3.69. The van der Waals surface area contributed by atoms with Crippen LogP contribution in [0.25, 0.3) is 0 Å². The van der Waals surface area contributed by atoms with E-state index in [1.165, 1.54) is 18.6 Å². The zero-order valence-corrected chi connectivity index (χ0v) is 10.8. The lowest BCUT2D eigenvalue weighted by Crippen LogP contribution is -2.15. The summed E-state index contributed by atoms with van der Waals surface area (Å²) in [5.74, 6) is 0.0427. The smallest absolute Gasteiger partial charge is 0.267 e. The Morgan fingerprint density at radius 3 is 2.56 bits per heavy atom. The molecule has 0 atom stereocenters. The van der Waals surface area contributed by atoms with Crippen molar-refractivity contribution >= 4 is 16.0 Å². The Labute approximate surface area is 105 Å². The topological polar surface area (TPSA) is 89.8 Å². The number of rotatable bonds is 4. The van der Waals surface area contributed by atoms with Crippen molar-refractivity contribution in [2.24, 2.45) is 0 Å². The summed E-state index contributed by atoms with van der Waals surface area (Å²) in [5.41, 5.74) is 0.584. The van der Waals surface area contributed by atoms with E-state index < -0.39 is 10.0 Å². The predicted molar refractivity (Wildman–Crippen MR) is 65.5 cm³/mol. The molecule has 0 fully saturated rings. The third-order valence-electron chi connectivity index (χ3n) is 2.44. The Morgan fingerprint density at radius 2 is 2.00 bits per heavy atom. The fraction of sp³-hybridized carbons (Fsp3) is 0.300. The summed E-state index contributed by atoms with van der Waals surface area (Å²) in [6, 6.07) is 1.61. The minimum Gasteiger partial charge on any atom is -0.269 e. The van der Waals surface area contributed by atoms with Gasteiger partial charge in [0.05, 0.1) is 11.9 Å². The lowest BCUT2D eigenvalue weighted by molar-refractivity contribution is 0.598. The first-order valence-corrected chi connectivity index (χ1v) is 6.85. The zero-order chi connectivity index (χ0) is 13.2. The largest absolute Gasteiger partial charge is 0.269 e. The molecule has 2 rings (SSSR count). The van der Waals surface area contributed by atoms with E-state index in [0.29, 0.717) is 12.2 Å². The molecular weight excluding hydrogens is 254 g/mol. The number of nitrogens with zero attached hydrogens (tertiary/aromatic N) is 4. The molecule has 96 valence electrons. The van der Waals surface area contributed by atoms with Crippen LogP contribution in [0.2, 0.25) is 0 Å². The molecule has 2 aromatic rings. The highest BCUT2D eigenvalue weighted by atomic mass is 32.2. The summed E-state index contributed by atoms with van der Waals surface area (Å²) >= 11 is 0.